The molecule has 0 radical (unpaired) electrons. The second kappa shape index (κ2) is 4.45. The van der Waals surface area contributed by atoms with Crippen LogP contribution in [0, 0.1) is 0 Å². The van der Waals surface area contributed by atoms with E-state index in [-0.39, 0.29) is 12.6 Å². The van der Waals surface area contributed by atoms with E-state index in [0.717, 1.165) is 5.56 Å². The molecule has 3 N–H and O–H groups in total. The summed E-state index contributed by atoms with van der Waals surface area (Å²) >= 11 is 5.77. The van der Waals surface area contributed by atoms with E-state index in [2.05, 4.69) is 0 Å². The normalized spacial score (nSPS) is 12.9. The fourth-order valence-corrected chi connectivity index (χ4v) is 1.24. The zero-order valence-electron chi connectivity index (χ0n) is 6.70. The van der Waals surface area contributed by atoms with Crippen LogP contribution in [0.1, 0.15) is 5.56 Å². The van der Waals surface area contributed by atoms with E-state index in [1.165, 1.54) is 0 Å². The van der Waals surface area contributed by atoms with Crippen molar-refractivity contribution >= 4 is 11.6 Å². The molecule has 0 saturated heterocycles. The molecular weight excluding hydrogens is 174 g/mol. The van der Waals surface area contributed by atoms with Crippen molar-refractivity contribution in [1.82, 2.24) is 0 Å². The van der Waals surface area contributed by atoms with Crippen LogP contribution in [0.5, 0.6) is 0 Å². The van der Waals surface area contributed by atoms with Gasteiger partial charge in [-0.2, -0.15) is 0 Å². The number of hydrogen-bond acceptors (Lipinski definition) is 2. The Labute approximate surface area is 77.0 Å². The molecular formula is C9H12ClNO. The van der Waals surface area contributed by atoms with E-state index < -0.39 is 0 Å². The van der Waals surface area contributed by atoms with Gasteiger partial charge in [-0.05, 0) is 24.1 Å². The van der Waals surface area contributed by atoms with Crippen molar-refractivity contribution in [2.75, 3.05) is 6.61 Å². The highest BCUT2D eigenvalue weighted by molar-refractivity contribution is 6.30. The Morgan fingerprint density at radius 3 is 2.83 bits per heavy atom. The number of benzene rings is 1. The van der Waals surface area contributed by atoms with Crippen LogP contribution in [0.2, 0.25) is 5.02 Å². The van der Waals surface area contributed by atoms with Crippen LogP contribution in [0.15, 0.2) is 24.3 Å². The van der Waals surface area contributed by atoms with Gasteiger partial charge in [0.05, 0.1) is 6.61 Å². The van der Waals surface area contributed by atoms with Crippen LogP contribution < -0.4 is 5.73 Å². The maximum Gasteiger partial charge on any atom is 0.0585 e. The molecule has 2 nitrogen and oxygen atoms in total. The van der Waals surface area contributed by atoms with Gasteiger partial charge in [0.2, 0.25) is 0 Å². The lowest BCUT2D eigenvalue weighted by molar-refractivity contribution is 0.265. The first-order valence-corrected chi connectivity index (χ1v) is 4.21. The first-order chi connectivity index (χ1) is 5.72. The zero-order chi connectivity index (χ0) is 8.97. The number of rotatable bonds is 3. The van der Waals surface area contributed by atoms with Gasteiger partial charge >= 0.3 is 0 Å². The summed E-state index contributed by atoms with van der Waals surface area (Å²) in [5.74, 6) is 0. The lowest BCUT2D eigenvalue weighted by Gasteiger charge is -2.07. The SMILES string of the molecule is NC(CO)Cc1cccc(Cl)c1. The summed E-state index contributed by atoms with van der Waals surface area (Å²) < 4.78 is 0. The fourth-order valence-electron chi connectivity index (χ4n) is 1.03. The molecule has 66 valence electrons. The largest absolute Gasteiger partial charge is 0.395 e. The Balaban J connectivity index is 2.63. The van der Waals surface area contributed by atoms with E-state index in [1.54, 1.807) is 0 Å². The minimum atomic E-state index is -0.191. The summed E-state index contributed by atoms with van der Waals surface area (Å²) in [5.41, 5.74) is 6.62. The summed E-state index contributed by atoms with van der Waals surface area (Å²) in [6.07, 6.45) is 0.664. The molecule has 0 heterocycles. The van der Waals surface area contributed by atoms with Crippen molar-refractivity contribution < 1.29 is 5.11 Å². The number of halogens is 1. The zero-order valence-corrected chi connectivity index (χ0v) is 7.46. The average Bonchev–Trinajstić information content (AvgIpc) is 2.04. The summed E-state index contributed by atoms with van der Waals surface area (Å²) in [6.45, 7) is 0.00646. The average molecular weight is 186 g/mol. The van der Waals surface area contributed by atoms with Gasteiger partial charge in [-0.1, -0.05) is 23.7 Å². The Hall–Kier alpha value is -0.570. The Bertz CT molecular complexity index is 252. The standard InChI is InChI=1S/C9H12ClNO/c10-8-3-1-2-7(4-8)5-9(11)6-12/h1-4,9,12H,5-6,11H2. The Kier molecular flexibility index (Phi) is 3.53. The van der Waals surface area contributed by atoms with Crippen molar-refractivity contribution in [1.29, 1.82) is 0 Å². The molecule has 1 aromatic carbocycles. The number of nitrogens with two attached hydrogens (primary N) is 1. The van der Waals surface area contributed by atoms with Gasteiger partial charge in [0, 0.05) is 11.1 Å². The molecule has 3 heteroatoms. The van der Waals surface area contributed by atoms with Crippen molar-refractivity contribution in [3.05, 3.63) is 34.9 Å². The van der Waals surface area contributed by atoms with Gasteiger partial charge in [-0.15, -0.1) is 0 Å². The van der Waals surface area contributed by atoms with Crippen molar-refractivity contribution in [3.8, 4) is 0 Å². The van der Waals surface area contributed by atoms with Crippen molar-refractivity contribution in [2.24, 2.45) is 5.73 Å². The van der Waals surface area contributed by atoms with Crippen LogP contribution >= 0.6 is 11.6 Å². The quantitative estimate of drug-likeness (QED) is 0.744. The summed E-state index contributed by atoms with van der Waals surface area (Å²) in [5, 5.41) is 9.41. The van der Waals surface area contributed by atoms with Crippen LogP contribution in [-0.2, 0) is 6.42 Å². The third-order valence-corrected chi connectivity index (χ3v) is 1.86. The summed E-state index contributed by atoms with van der Waals surface area (Å²) in [4.78, 5) is 0. The first kappa shape index (κ1) is 9.52. The second-order valence-corrected chi connectivity index (χ2v) is 3.21. The highest BCUT2D eigenvalue weighted by Gasteiger charge is 2.01. The maximum atomic E-state index is 8.71. The monoisotopic (exact) mass is 185 g/mol. The molecule has 1 rings (SSSR count). The van der Waals surface area contributed by atoms with Gasteiger partial charge in [0.25, 0.3) is 0 Å². The summed E-state index contributed by atoms with van der Waals surface area (Å²) in [7, 11) is 0. The number of aliphatic hydroxyl groups excluding tert-OH is 1. The fraction of sp³-hybridized carbons (Fsp3) is 0.333. The van der Waals surface area contributed by atoms with Crippen LogP contribution in [0.3, 0.4) is 0 Å². The highest BCUT2D eigenvalue weighted by atomic mass is 35.5. The maximum absolute atomic E-state index is 8.71. The van der Waals surface area contributed by atoms with Crippen molar-refractivity contribution in [3.63, 3.8) is 0 Å². The van der Waals surface area contributed by atoms with Gasteiger partial charge in [0.1, 0.15) is 0 Å². The van der Waals surface area contributed by atoms with E-state index in [4.69, 9.17) is 22.4 Å². The first-order valence-electron chi connectivity index (χ1n) is 3.83. The molecule has 0 aliphatic heterocycles. The van der Waals surface area contributed by atoms with Gasteiger partial charge in [0.15, 0.2) is 0 Å². The number of hydrogen-bond donors (Lipinski definition) is 2. The molecule has 0 aromatic heterocycles. The van der Waals surface area contributed by atoms with Gasteiger partial charge in [-0.25, -0.2) is 0 Å². The van der Waals surface area contributed by atoms with Crippen LogP contribution in [0.4, 0.5) is 0 Å². The van der Waals surface area contributed by atoms with E-state index in [0.29, 0.717) is 11.4 Å². The lowest BCUT2D eigenvalue weighted by atomic mass is 10.1. The molecule has 0 aliphatic carbocycles. The van der Waals surface area contributed by atoms with Gasteiger partial charge < -0.3 is 10.8 Å². The highest BCUT2D eigenvalue weighted by Crippen LogP contribution is 2.11. The third-order valence-electron chi connectivity index (χ3n) is 1.62. The van der Waals surface area contributed by atoms with E-state index in [1.807, 2.05) is 24.3 Å². The van der Waals surface area contributed by atoms with Crippen molar-refractivity contribution in [2.45, 2.75) is 12.5 Å². The second-order valence-electron chi connectivity index (χ2n) is 2.78. The summed E-state index contributed by atoms with van der Waals surface area (Å²) in [6, 6.07) is 7.30. The Morgan fingerprint density at radius 2 is 2.25 bits per heavy atom. The topological polar surface area (TPSA) is 46.2 Å². The van der Waals surface area contributed by atoms with Gasteiger partial charge in [-0.3, -0.25) is 0 Å². The van der Waals surface area contributed by atoms with E-state index in [9.17, 15) is 0 Å². The van der Waals surface area contributed by atoms with Crippen LogP contribution in [-0.4, -0.2) is 17.8 Å². The molecule has 0 aliphatic rings. The predicted molar refractivity (Wildman–Crippen MR) is 50.2 cm³/mol. The molecule has 1 aromatic rings. The molecule has 0 saturated carbocycles. The predicted octanol–water partition coefficient (Wildman–Crippen LogP) is 1.20. The number of aliphatic hydroxyl groups is 1. The third kappa shape index (κ3) is 2.81. The Morgan fingerprint density at radius 1 is 1.50 bits per heavy atom. The molecule has 0 fully saturated rings. The van der Waals surface area contributed by atoms with Crippen LogP contribution in [0.25, 0.3) is 0 Å². The minimum absolute atomic E-state index is 0.00646. The smallest absolute Gasteiger partial charge is 0.0585 e. The van der Waals surface area contributed by atoms with E-state index >= 15 is 0 Å². The molecule has 0 bridgehead atoms. The molecule has 1 atom stereocenters. The molecule has 12 heavy (non-hydrogen) atoms. The molecule has 0 amide bonds. The lowest BCUT2D eigenvalue weighted by Crippen LogP contribution is -2.26. The minimum Gasteiger partial charge on any atom is -0.395 e. The molecule has 0 spiro atoms. The molecule has 1 unspecified atom stereocenters.